The van der Waals surface area contributed by atoms with Crippen LogP contribution in [0.4, 0.5) is 4.39 Å². The van der Waals surface area contributed by atoms with Crippen LogP contribution in [0.5, 0.6) is 5.75 Å². The van der Waals surface area contributed by atoms with Gasteiger partial charge in [-0.1, -0.05) is 6.08 Å². The second-order valence-electron chi connectivity index (χ2n) is 8.71. The fraction of sp³-hybridized carbons (Fsp3) is 0.360. The van der Waals surface area contributed by atoms with Gasteiger partial charge in [-0.05, 0) is 47.9 Å². The van der Waals surface area contributed by atoms with E-state index in [4.69, 9.17) is 9.84 Å². The van der Waals surface area contributed by atoms with E-state index in [1.54, 1.807) is 19.4 Å². The molecule has 2 aliphatic rings. The molecule has 0 atom stereocenters. The molecule has 1 saturated heterocycles. The molecular formula is C25H27FN4O3. The molecule has 2 aromatic heterocycles. The number of amides is 1. The Bertz CT molecular complexity index is 1220. The maximum absolute atomic E-state index is 14.0. The monoisotopic (exact) mass is 450 g/mol. The molecule has 5 rings (SSSR count). The van der Waals surface area contributed by atoms with E-state index in [2.05, 4.69) is 27.0 Å². The number of halogens is 1. The van der Waals surface area contributed by atoms with Gasteiger partial charge in [0.2, 0.25) is 5.91 Å². The number of pyridine rings is 1. The lowest BCUT2D eigenvalue weighted by Crippen LogP contribution is -2.54. The Labute approximate surface area is 191 Å². The van der Waals surface area contributed by atoms with Crippen molar-refractivity contribution in [3.05, 3.63) is 54.1 Å². The van der Waals surface area contributed by atoms with Crippen LogP contribution in [0.3, 0.4) is 0 Å². The minimum absolute atomic E-state index is 0.125. The lowest BCUT2D eigenvalue weighted by molar-refractivity contribution is -0.139. The summed E-state index contributed by atoms with van der Waals surface area (Å²) >= 11 is 0. The summed E-state index contributed by atoms with van der Waals surface area (Å²) in [7, 11) is 1.58. The van der Waals surface area contributed by atoms with E-state index in [1.165, 1.54) is 17.7 Å². The van der Waals surface area contributed by atoms with E-state index in [-0.39, 0.29) is 24.2 Å². The molecule has 0 aliphatic carbocycles. The Morgan fingerprint density at radius 2 is 2.12 bits per heavy atom. The smallest absolute Gasteiger partial charge is 0.236 e. The fourth-order valence-corrected chi connectivity index (χ4v) is 4.61. The Kier molecular flexibility index (Phi) is 5.86. The number of carbonyl (C=O) groups excluding carboxylic acids is 1. The predicted molar refractivity (Wildman–Crippen MR) is 124 cm³/mol. The number of carbonyl (C=O) groups is 1. The highest BCUT2D eigenvalue weighted by molar-refractivity contribution is 5.96. The summed E-state index contributed by atoms with van der Waals surface area (Å²) in [4.78, 5) is 24.2. The summed E-state index contributed by atoms with van der Waals surface area (Å²) in [5, 5.41) is 10.0. The van der Waals surface area contributed by atoms with Crippen LogP contribution in [0.15, 0.2) is 42.6 Å². The van der Waals surface area contributed by atoms with Gasteiger partial charge in [0.05, 0.1) is 13.7 Å². The number of methoxy groups -OCH3 is 1. The molecule has 3 aromatic rings. The third-order valence-electron chi connectivity index (χ3n) is 6.55. The number of nitrogens with one attached hydrogen (secondary N) is 1. The van der Waals surface area contributed by atoms with Gasteiger partial charge in [-0.25, -0.2) is 9.37 Å². The molecule has 172 valence electrons. The van der Waals surface area contributed by atoms with Crippen molar-refractivity contribution in [2.24, 2.45) is 5.92 Å². The first-order chi connectivity index (χ1) is 16.1. The first-order valence-corrected chi connectivity index (χ1v) is 11.2. The summed E-state index contributed by atoms with van der Waals surface area (Å²) in [5.41, 5.74) is 4.45. The Balaban J connectivity index is 1.34. The van der Waals surface area contributed by atoms with Crippen molar-refractivity contribution in [3.8, 4) is 16.9 Å². The van der Waals surface area contributed by atoms with Crippen molar-refractivity contribution >= 4 is 22.5 Å². The second-order valence-corrected chi connectivity index (χ2v) is 8.71. The highest BCUT2D eigenvalue weighted by atomic mass is 19.1. The Morgan fingerprint density at radius 3 is 2.85 bits per heavy atom. The quantitative estimate of drug-likeness (QED) is 0.604. The number of fused-ring (bicyclic) bond motifs is 1. The number of H-pyrrole nitrogens is 1. The number of rotatable bonds is 6. The number of ether oxygens (including phenoxy) is 1. The van der Waals surface area contributed by atoms with Crippen molar-refractivity contribution in [1.82, 2.24) is 19.8 Å². The third-order valence-corrected chi connectivity index (χ3v) is 6.55. The van der Waals surface area contributed by atoms with Gasteiger partial charge in [0.1, 0.15) is 17.2 Å². The molecule has 1 amide bonds. The molecule has 1 fully saturated rings. The highest BCUT2D eigenvalue weighted by Gasteiger charge is 2.30. The molecule has 7 nitrogen and oxygen atoms in total. The maximum atomic E-state index is 14.0. The first-order valence-electron chi connectivity index (χ1n) is 11.2. The van der Waals surface area contributed by atoms with Gasteiger partial charge in [-0.2, -0.15) is 0 Å². The minimum atomic E-state index is -0.318. The summed E-state index contributed by atoms with van der Waals surface area (Å²) in [5.74, 6) is 0.646. The molecule has 0 bridgehead atoms. The average Bonchev–Trinajstić information content (AvgIpc) is 3.23. The minimum Gasteiger partial charge on any atom is -0.496 e. The van der Waals surface area contributed by atoms with E-state index in [1.807, 2.05) is 11.0 Å². The predicted octanol–water partition coefficient (Wildman–Crippen LogP) is 2.92. The number of aliphatic hydroxyl groups is 1. The molecule has 4 heterocycles. The number of hydrogen-bond donors (Lipinski definition) is 2. The summed E-state index contributed by atoms with van der Waals surface area (Å²) in [6.07, 6.45) is 4.68. The van der Waals surface area contributed by atoms with Gasteiger partial charge in [0, 0.05) is 61.5 Å². The normalized spacial score (nSPS) is 17.2. The molecule has 2 aliphatic heterocycles. The zero-order valence-corrected chi connectivity index (χ0v) is 18.6. The van der Waals surface area contributed by atoms with E-state index < -0.39 is 0 Å². The van der Waals surface area contributed by atoms with Crippen LogP contribution in [0.2, 0.25) is 0 Å². The van der Waals surface area contributed by atoms with Crippen LogP contribution >= 0.6 is 0 Å². The number of aliphatic hydroxyl groups excluding tert-OH is 1. The number of aromatic nitrogens is 2. The average molecular weight is 451 g/mol. The summed E-state index contributed by atoms with van der Waals surface area (Å²) in [6.45, 7) is 3.36. The van der Waals surface area contributed by atoms with Crippen molar-refractivity contribution < 1.29 is 19.0 Å². The van der Waals surface area contributed by atoms with Crippen molar-refractivity contribution in [1.29, 1.82) is 0 Å². The van der Waals surface area contributed by atoms with Crippen molar-refractivity contribution in [2.45, 2.75) is 6.42 Å². The van der Waals surface area contributed by atoms with E-state index in [0.29, 0.717) is 37.5 Å². The molecule has 1 aromatic carbocycles. The first kappa shape index (κ1) is 21.6. The molecule has 0 spiro atoms. The summed E-state index contributed by atoms with van der Waals surface area (Å²) in [6, 6.07) is 8.43. The maximum Gasteiger partial charge on any atom is 0.236 e. The molecule has 0 saturated carbocycles. The third kappa shape index (κ3) is 4.24. The van der Waals surface area contributed by atoms with Crippen LogP contribution in [0.25, 0.3) is 27.7 Å². The number of aromatic amines is 1. The zero-order chi connectivity index (χ0) is 22.9. The van der Waals surface area contributed by atoms with Crippen LogP contribution in [0.1, 0.15) is 12.1 Å². The van der Waals surface area contributed by atoms with Crippen molar-refractivity contribution in [3.63, 3.8) is 0 Å². The molecule has 33 heavy (non-hydrogen) atoms. The Morgan fingerprint density at radius 1 is 1.27 bits per heavy atom. The van der Waals surface area contributed by atoms with Gasteiger partial charge >= 0.3 is 0 Å². The number of hydrogen-bond acceptors (Lipinski definition) is 5. The molecule has 2 N–H and O–H groups in total. The van der Waals surface area contributed by atoms with Crippen LogP contribution < -0.4 is 4.74 Å². The SMILES string of the molecule is COc1ccc(F)cc1-c1ccnc2[nH]c(C3=CCN(CC(=O)N4CC(CO)C4)CC3)cc12. The fourth-order valence-electron chi connectivity index (χ4n) is 4.61. The van der Waals surface area contributed by atoms with E-state index in [9.17, 15) is 9.18 Å². The lowest BCUT2D eigenvalue weighted by Gasteiger charge is -2.39. The topological polar surface area (TPSA) is 81.7 Å². The number of likely N-dealkylation sites (tertiary alicyclic amines) is 1. The van der Waals surface area contributed by atoms with Crippen LogP contribution in [0, 0.1) is 11.7 Å². The van der Waals surface area contributed by atoms with Gasteiger partial charge in [-0.3, -0.25) is 9.69 Å². The number of benzene rings is 1. The molecule has 0 unspecified atom stereocenters. The summed E-state index contributed by atoms with van der Waals surface area (Å²) < 4.78 is 19.4. The van der Waals surface area contributed by atoms with E-state index >= 15 is 0 Å². The van der Waals surface area contributed by atoms with Gasteiger partial charge < -0.3 is 19.7 Å². The van der Waals surface area contributed by atoms with Crippen LogP contribution in [-0.2, 0) is 4.79 Å². The van der Waals surface area contributed by atoms with Gasteiger partial charge in [0.25, 0.3) is 0 Å². The molecule has 8 heteroatoms. The number of nitrogens with zero attached hydrogens (tertiary/aromatic N) is 3. The van der Waals surface area contributed by atoms with Crippen LogP contribution in [-0.4, -0.2) is 77.2 Å². The van der Waals surface area contributed by atoms with Gasteiger partial charge in [0.15, 0.2) is 0 Å². The Hall–Kier alpha value is -3.23. The molecule has 0 radical (unpaired) electrons. The second kappa shape index (κ2) is 8.96. The van der Waals surface area contributed by atoms with Gasteiger partial charge in [-0.15, -0.1) is 0 Å². The largest absolute Gasteiger partial charge is 0.496 e. The lowest BCUT2D eigenvalue weighted by atomic mass is 10.0. The zero-order valence-electron chi connectivity index (χ0n) is 18.6. The van der Waals surface area contributed by atoms with Crippen molar-refractivity contribution in [2.75, 3.05) is 46.4 Å². The van der Waals surface area contributed by atoms with E-state index in [0.717, 1.165) is 35.3 Å². The molecular weight excluding hydrogens is 423 g/mol. The standard InChI is InChI=1S/C25H27FN4O3/c1-33-23-3-2-18(26)10-20(23)19-4-7-27-25-21(19)11-22(28-25)17-5-8-29(9-6-17)14-24(32)30-12-16(13-30)15-31/h2-5,7,10-11,16,31H,6,8-9,12-15H2,1H3,(H,27,28). The highest BCUT2D eigenvalue weighted by Crippen LogP contribution is 2.36.